The monoisotopic (exact) mass is 557 g/mol. The Kier molecular flexibility index (Phi) is 8.52. The summed E-state index contributed by atoms with van der Waals surface area (Å²) >= 11 is 0. The van der Waals surface area contributed by atoms with E-state index in [9.17, 15) is 26.7 Å². The fourth-order valence-corrected chi connectivity index (χ4v) is 4.00. The topological polar surface area (TPSA) is 65.4 Å². The Morgan fingerprint density at radius 1 is 0.950 bits per heavy atom. The minimum Gasteiger partial charge on any atom is -0.496 e. The lowest BCUT2D eigenvalue weighted by Crippen LogP contribution is -2.13. The molecule has 1 heterocycles. The Hall–Kier alpha value is -4.67. The molecule has 1 N–H and O–H groups in total. The molecule has 11 heteroatoms. The highest BCUT2D eigenvalue weighted by Crippen LogP contribution is 2.27. The average Bonchev–Trinajstić information content (AvgIpc) is 3.22. The van der Waals surface area contributed by atoms with Gasteiger partial charge in [-0.25, -0.2) is 22.0 Å². The van der Waals surface area contributed by atoms with Gasteiger partial charge in [-0.3, -0.25) is 9.48 Å². The van der Waals surface area contributed by atoms with E-state index in [4.69, 9.17) is 9.47 Å². The highest BCUT2D eigenvalue weighted by Gasteiger charge is 2.27. The zero-order chi connectivity index (χ0) is 29.0. The third kappa shape index (κ3) is 5.98. The first-order chi connectivity index (χ1) is 19.1. The number of rotatable bonds is 9. The molecule has 0 aliphatic carbocycles. The SMILES string of the molecule is COc1ccc(/C=C/C(=O)Nc2c(C)nn(Cc3c(F)c(F)c(F)c(F)c3F)c2C)cc1COc1ccccc1. The highest BCUT2D eigenvalue weighted by atomic mass is 19.2. The van der Waals surface area contributed by atoms with Crippen LogP contribution in [0.15, 0.2) is 54.6 Å². The molecule has 3 aromatic carbocycles. The van der Waals surface area contributed by atoms with Gasteiger partial charge in [0, 0.05) is 11.6 Å². The number of anilines is 1. The van der Waals surface area contributed by atoms with Gasteiger partial charge in [0.25, 0.3) is 0 Å². The zero-order valence-corrected chi connectivity index (χ0v) is 21.7. The number of nitrogens with one attached hydrogen (secondary N) is 1. The fraction of sp³-hybridized carbons (Fsp3) is 0.172. The predicted molar refractivity (Wildman–Crippen MR) is 138 cm³/mol. The van der Waals surface area contributed by atoms with Gasteiger partial charge in [-0.2, -0.15) is 5.10 Å². The molecule has 0 atom stereocenters. The van der Waals surface area contributed by atoms with Crippen molar-refractivity contribution in [2.75, 3.05) is 12.4 Å². The third-order valence-corrected chi connectivity index (χ3v) is 6.11. The molecular formula is C29H24F5N3O3. The van der Waals surface area contributed by atoms with Crippen molar-refractivity contribution in [1.82, 2.24) is 9.78 Å². The summed E-state index contributed by atoms with van der Waals surface area (Å²) in [5.74, 6) is -9.42. The van der Waals surface area contributed by atoms with Crippen LogP contribution in [0.3, 0.4) is 0 Å². The van der Waals surface area contributed by atoms with Crippen molar-refractivity contribution >= 4 is 17.7 Å². The lowest BCUT2D eigenvalue weighted by Gasteiger charge is -2.11. The molecule has 0 aliphatic heterocycles. The first-order valence-electron chi connectivity index (χ1n) is 12.0. The van der Waals surface area contributed by atoms with Gasteiger partial charge in [-0.1, -0.05) is 24.3 Å². The van der Waals surface area contributed by atoms with E-state index in [0.29, 0.717) is 17.1 Å². The van der Waals surface area contributed by atoms with E-state index in [0.717, 1.165) is 10.2 Å². The number of benzene rings is 3. The molecule has 4 aromatic rings. The van der Waals surface area contributed by atoms with Crippen molar-refractivity contribution in [3.8, 4) is 11.5 Å². The van der Waals surface area contributed by atoms with Crippen LogP contribution in [0.2, 0.25) is 0 Å². The summed E-state index contributed by atoms with van der Waals surface area (Å²) in [6.07, 6.45) is 2.86. The fourth-order valence-electron chi connectivity index (χ4n) is 4.00. The summed E-state index contributed by atoms with van der Waals surface area (Å²) in [5, 5.41) is 6.74. The Balaban J connectivity index is 1.48. The Labute approximate surface area is 226 Å². The predicted octanol–water partition coefficient (Wildman–Crippen LogP) is 6.48. The van der Waals surface area contributed by atoms with Crippen molar-refractivity contribution in [2.24, 2.45) is 0 Å². The second-order valence-corrected chi connectivity index (χ2v) is 8.75. The van der Waals surface area contributed by atoms with Crippen LogP contribution in [0.4, 0.5) is 27.6 Å². The normalized spacial score (nSPS) is 11.2. The van der Waals surface area contributed by atoms with Crippen molar-refractivity contribution in [2.45, 2.75) is 27.0 Å². The molecule has 6 nitrogen and oxygen atoms in total. The zero-order valence-electron chi connectivity index (χ0n) is 21.7. The van der Waals surface area contributed by atoms with E-state index < -0.39 is 47.1 Å². The molecule has 1 amide bonds. The van der Waals surface area contributed by atoms with Gasteiger partial charge in [-0.15, -0.1) is 0 Å². The van der Waals surface area contributed by atoms with Gasteiger partial charge in [0.15, 0.2) is 23.3 Å². The van der Waals surface area contributed by atoms with Crippen LogP contribution in [-0.4, -0.2) is 22.8 Å². The van der Waals surface area contributed by atoms with Crippen LogP contribution in [0.1, 0.15) is 28.1 Å². The number of para-hydroxylation sites is 1. The van der Waals surface area contributed by atoms with E-state index in [-0.39, 0.29) is 23.7 Å². The lowest BCUT2D eigenvalue weighted by atomic mass is 10.1. The van der Waals surface area contributed by atoms with E-state index >= 15 is 0 Å². The molecule has 0 radical (unpaired) electrons. The minimum absolute atomic E-state index is 0.238. The molecule has 4 rings (SSSR count). The van der Waals surface area contributed by atoms with Crippen molar-refractivity contribution < 1.29 is 36.2 Å². The van der Waals surface area contributed by atoms with Gasteiger partial charge < -0.3 is 14.8 Å². The van der Waals surface area contributed by atoms with Crippen molar-refractivity contribution in [1.29, 1.82) is 0 Å². The number of ether oxygens (including phenoxy) is 2. The smallest absolute Gasteiger partial charge is 0.248 e. The van der Waals surface area contributed by atoms with Gasteiger partial charge in [-0.05, 0) is 49.8 Å². The molecule has 0 fully saturated rings. The maximum Gasteiger partial charge on any atom is 0.248 e. The van der Waals surface area contributed by atoms with Gasteiger partial charge in [0.05, 0.1) is 36.3 Å². The van der Waals surface area contributed by atoms with Gasteiger partial charge >= 0.3 is 0 Å². The number of carbonyl (C=O) groups is 1. The second-order valence-electron chi connectivity index (χ2n) is 8.75. The quantitative estimate of drug-likeness (QED) is 0.111. The summed E-state index contributed by atoms with van der Waals surface area (Å²) in [6, 6.07) is 14.6. The van der Waals surface area contributed by atoms with Crippen LogP contribution in [-0.2, 0) is 17.9 Å². The van der Waals surface area contributed by atoms with E-state index in [2.05, 4.69) is 10.4 Å². The molecule has 208 valence electrons. The summed E-state index contributed by atoms with van der Waals surface area (Å²) in [7, 11) is 1.54. The molecule has 0 aliphatic rings. The highest BCUT2D eigenvalue weighted by molar-refractivity contribution is 6.02. The number of halogens is 5. The number of hydrogen-bond donors (Lipinski definition) is 1. The first kappa shape index (κ1) is 28.3. The molecule has 0 saturated heterocycles. The Morgan fingerprint density at radius 3 is 2.25 bits per heavy atom. The van der Waals surface area contributed by atoms with E-state index in [1.165, 1.54) is 19.9 Å². The molecule has 40 heavy (non-hydrogen) atoms. The number of aromatic nitrogens is 2. The first-order valence-corrected chi connectivity index (χ1v) is 12.0. The molecule has 0 saturated carbocycles. The van der Waals surface area contributed by atoms with Gasteiger partial charge in [0.1, 0.15) is 18.1 Å². The number of hydrogen-bond acceptors (Lipinski definition) is 4. The summed E-state index contributed by atoms with van der Waals surface area (Å²) < 4.78 is 81.1. The standard InChI is InChI=1S/C29H24F5N3O3/c1-16-29(17(2)37(36-16)14-21-24(30)26(32)28(34)27(33)25(21)31)35-23(38)12-10-18-9-11-22(39-3)19(13-18)15-40-20-7-5-4-6-8-20/h4-13H,14-15H2,1-3H3,(H,35,38)/b12-10+. The largest absolute Gasteiger partial charge is 0.496 e. The summed E-state index contributed by atoms with van der Waals surface area (Å²) in [4.78, 5) is 12.7. The average molecular weight is 558 g/mol. The van der Waals surface area contributed by atoms with Crippen LogP contribution in [0, 0.1) is 42.9 Å². The maximum absolute atomic E-state index is 14.2. The molecule has 0 spiro atoms. The lowest BCUT2D eigenvalue weighted by molar-refractivity contribution is -0.111. The molecular weight excluding hydrogens is 533 g/mol. The Morgan fingerprint density at radius 2 is 1.60 bits per heavy atom. The van der Waals surface area contributed by atoms with Crippen molar-refractivity contribution in [3.05, 3.63) is 112 Å². The molecule has 1 aromatic heterocycles. The number of nitrogens with zero attached hydrogens (tertiary/aromatic N) is 2. The summed E-state index contributed by atoms with van der Waals surface area (Å²) in [5.41, 5.74) is 1.20. The molecule has 0 unspecified atom stereocenters. The van der Waals surface area contributed by atoms with Crippen LogP contribution in [0.5, 0.6) is 11.5 Å². The van der Waals surface area contributed by atoms with E-state index in [1.807, 2.05) is 36.4 Å². The minimum atomic E-state index is -2.24. The number of methoxy groups -OCH3 is 1. The van der Waals surface area contributed by atoms with Crippen LogP contribution in [0.25, 0.3) is 6.08 Å². The number of amides is 1. The maximum atomic E-state index is 14.2. The summed E-state index contributed by atoms with van der Waals surface area (Å²) in [6.45, 7) is 2.53. The van der Waals surface area contributed by atoms with Gasteiger partial charge in [0.2, 0.25) is 11.7 Å². The van der Waals surface area contributed by atoms with Crippen LogP contribution >= 0.6 is 0 Å². The van der Waals surface area contributed by atoms with Crippen LogP contribution < -0.4 is 14.8 Å². The second kappa shape index (κ2) is 12.0. The van der Waals surface area contributed by atoms with E-state index in [1.54, 1.807) is 25.3 Å². The number of aryl methyl sites for hydroxylation is 1. The van der Waals surface area contributed by atoms with Crippen molar-refractivity contribution in [3.63, 3.8) is 0 Å². The number of carbonyl (C=O) groups excluding carboxylic acids is 1. The Bertz CT molecular complexity index is 1560. The third-order valence-electron chi connectivity index (χ3n) is 6.11. The molecule has 0 bridgehead atoms.